The van der Waals surface area contributed by atoms with E-state index in [2.05, 4.69) is 31.4 Å². The molecule has 0 rings (SSSR count). The SMILES string of the molecule is CC(C)C.CC(C)OCC=O.CNCCOCCOCCOCCNC=O. The van der Waals surface area contributed by atoms with E-state index in [4.69, 9.17) is 18.9 Å². The molecular weight excluding hydrogens is 352 g/mol. The van der Waals surface area contributed by atoms with Crippen molar-refractivity contribution in [2.45, 2.75) is 40.7 Å². The molecule has 0 aromatic rings. The van der Waals surface area contributed by atoms with Gasteiger partial charge in [0.25, 0.3) is 0 Å². The lowest BCUT2D eigenvalue weighted by Crippen LogP contribution is -2.19. The fourth-order valence-electron chi connectivity index (χ4n) is 1.14. The number of ether oxygens (including phenoxy) is 4. The fourth-order valence-corrected chi connectivity index (χ4v) is 1.14. The molecule has 0 saturated carbocycles. The summed E-state index contributed by atoms with van der Waals surface area (Å²) in [5.74, 6) is 0.833. The third-order valence-electron chi connectivity index (χ3n) is 2.21. The van der Waals surface area contributed by atoms with Gasteiger partial charge in [0.15, 0.2) is 0 Å². The summed E-state index contributed by atoms with van der Waals surface area (Å²) < 4.78 is 20.5. The third kappa shape index (κ3) is 51.7. The Bertz CT molecular complexity index is 276. The van der Waals surface area contributed by atoms with Gasteiger partial charge in [-0.25, -0.2) is 0 Å². The molecule has 0 atom stereocenters. The van der Waals surface area contributed by atoms with E-state index in [9.17, 15) is 9.59 Å². The number of hydrogen-bond donors (Lipinski definition) is 2. The number of rotatable bonds is 16. The summed E-state index contributed by atoms with van der Waals surface area (Å²) in [7, 11) is 1.89. The van der Waals surface area contributed by atoms with E-state index in [0.29, 0.717) is 52.6 Å². The first-order valence-electron chi connectivity index (χ1n) is 9.52. The van der Waals surface area contributed by atoms with Crippen LogP contribution in [-0.2, 0) is 28.5 Å². The van der Waals surface area contributed by atoms with Gasteiger partial charge in [-0.05, 0) is 26.8 Å². The van der Waals surface area contributed by atoms with Crippen molar-refractivity contribution >= 4 is 12.7 Å². The van der Waals surface area contributed by atoms with Gasteiger partial charge in [0.1, 0.15) is 12.9 Å². The quantitative estimate of drug-likeness (QED) is 0.301. The van der Waals surface area contributed by atoms with Gasteiger partial charge in [0.05, 0.1) is 45.7 Å². The normalized spacial score (nSPS) is 9.93. The van der Waals surface area contributed by atoms with Crippen molar-refractivity contribution in [1.82, 2.24) is 10.6 Å². The van der Waals surface area contributed by atoms with E-state index in [1.54, 1.807) is 0 Å². The fraction of sp³-hybridized carbons (Fsp3) is 0.895. The molecule has 0 spiro atoms. The van der Waals surface area contributed by atoms with Gasteiger partial charge in [-0.3, -0.25) is 4.79 Å². The van der Waals surface area contributed by atoms with Crippen LogP contribution < -0.4 is 10.6 Å². The number of aldehydes is 1. The molecular formula is C19H42N2O6. The molecule has 0 aliphatic heterocycles. The molecule has 0 bridgehead atoms. The maximum Gasteiger partial charge on any atom is 0.207 e. The average molecular weight is 395 g/mol. The molecule has 8 nitrogen and oxygen atoms in total. The Kier molecular flexibility index (Phi) is 33.7. The molecule has 27 heavy (non-hydrogen) atoms. The molecule has 0 unspecified atom stereocenters. The molecule has 2 N–H and O–H groups in total. The second kappa shape index (κ2) is 29.7. The van der Waals surface area contributed by atoms with Crippen molar-refractivity contribution in [3.63, 3.8) is 0 Å². The first kappa shape index (κ1) is 30.7. The summed E-state index contributed by atoms with van der Waals surface area (Å²) in [6.45, 7) is 15.4. The highest BCUT2D eigenvalue weighted by molar-refractivity contribution is 5.50. The van der Waals surface area contributed by atoms with Gasteiger partial charge in [-0.15, -0.1) is 0 Å². The number of carbonyl (C=O) groups is 2. The van der Waals surface area contributed by atoms with Crippen LogP contribution in [0.5, 0.6) is 0 Å². The van der Waals surface area contributed by atoms with Crippen LogP contribution in [0.15, 0.2) is 0 Å². The lowest BCUT2D eigenvalue weighted by molar-refractivity contribution is -0.113. The minimum atomic E-state index is 0.171. The summed E-state index contributed by atoms with van der Waals surface area (Å²) in [4.78, 5) is 19.5. The minimum absolute atomic E-state index is 0.171. The predicted molar refractivity (Wildman–Crippen MR) is 108 cm³/mol. The van der Waals surface area contributed by atoms with Crippen molar-refractivity contribution in [3.8, 4) is 0 Å². The van der Waals surface area contributed by atoms with Gasteiger partial charge in [-0.2, -0.15) is 0 Å². The maximum atomic E-state index is 9.88. The van der Waals surface area contributed by atoms with Gasteiger partial charge >= 0.3 is 0 Å². The highest BCUT2D eigenvalue weighted by atomic mass is 16.5. The molecule has 0 heterocycles. The van der Waals surface area contributed by atoms with E-state index in [-0.39, 0.29) is 12.7 Å². The number of nitrogens with one attached hydrogen (secondary N) is 2. The summed E-state index contributed by atoms with van der Waals surface area (Å²) in [6, 6.07) is 0. The second-order valence-corrected chi connectivity index (χ2v) is 6.29. The Balaban J connectivity index is -0.000000431. The van der Waals surface area contributed by atoms with Crippen LogP contribution in [0.1, 0.15) is 34.6 Å². The Morgan fingerprint density at radius 1 is 0.778 bits per heavy atom. The highest BCUT2D eigenvalue weighted by Gasteiger charge is 1.91. The topological polar surface area (TPSA) is 95.1 Å². The first-order chi connectivity index (χ1) is 12.9. The summed E-state index contributed by atoms with van der Waals surface area (Å²) >= 11 is 0. The Hall–Kier alpha value is -1.06. The monoisotopic (exact) mass is 394 g/mol. The molecule has 164 valence electrons. The molecule has 8 heteroatoms. The predicted octanol–water partition coefficient (Wildman–Crippen LogP) is 1.27. The molecule has 0 aliphatic rings. The molecule has 0 aromatic carbocycles. The van der Waals surface area contributed by atoms with Crippen LogP contribution in [0.3, 0.4) is 0 Å². The lowest BCUT2D eigenvalue weighted by atomic mass is 10.3. The Morgan fingerprint density at radius 3 is 1.56 bits per heavy atom. The zero-order valence-electron chi connectivity index (χ0n) is 18.1. The van der Waals surface area contributed by atoms with Crippen LogP contribution in [0.4, 0.5) is 0 Å². The van der Waals surface area contributed by atoms with Gasteiger partial charge in [0.2, 0.25) is 6.41 Å². The number of hydrogen-bond acceptors (Lipinski definition) is 7. The van der Waals surface area contributed by atoms with E-state index >= 15 is 0 Å². The van der Waals surface area contributed by atoms with E-state index < -0.39 is 0 Å². The lowest BCUT2D eigenvalue weighted by Gasteiger charge is -2.06. The minimum Gasteiger partial charge on any atom is -0.378 e. The van der Waals surface area contributed by atoms with Crippen LogP contribution in [-0.4, -0.2) is 85.2 Å². The Morgan fingerprint density at radius 2 is 1.22 bits per heavy atom. The van der Waals surface area contributed by atoms with E-state index in [0.717, 1.165) is 18.7 Å². The van der Waals surface area contributed by atoms with E-state index in [1.165, 1.54) is 0 Å². The van der Waals surface area contributed by atoms with Gasteiger partial charge < -0.3 is 34.4 Å². The van der Waals surface area contributed by atoms with Crippen molar-refractivity contribution in [1.29, 1.82) is 0 Å². The van der Waals surface area contributed by atoms with Crippen LogP contribution >= 0.6 is 0 Å². The van der Waals surface area contributed by atoms with Crippen molar-refractivity contribution in [3.05, 3.63) is 0 Å². The zero-order valence-corrected chi connectivity index (χ0v) is 18.1. The third-order valence-corrected chi connectivity index (χ3v) is 2.21. The van der Waals surface area contributed by atoms with Crippen LogP contribution in [0.25, 0.3) is 0 Å². The van der Waals surface area contributed by atoms with Gasteiger partial charge in [0, 0.05) is 13.1 Å². The largest absolute Gasteiger partial charge is 0.378 e. The standard InChI is InChI=1S/C10H22N2O4.C5H10O2.C4H10/c1-11-2-4-14-6-8-16-9-7-15-5-3-12-10-13;1-5(2)7-4-3-6;1-4(2)3/h10-11H,2-9H2,1H3,(H,12,13);3,5H,4H2,1-2H3;4H,1-3H3. The smallest absolute Gasteiger partial charge is 0.207 e. The number of likely N-dealkylation sites (N-methyl/N-ethyl adjacent to an activating group) is 1. The van der Waals surface area contributed by atoms with Crippen molar-refractivity contribution in [2.24, 2.45) is 5.92 Å². The molecule has 0 saturated heterocycles. The van der Waals surface area contributed by atoms with Crippen LogP contribution in [0, 0.1) is 5.92 Å². The Labute approximate surface area is 165 Å². The number of amides is 1. The second-order valence-electron chi connectivity index (χ2n) is 6.29. The molecule has 1 amide bonds. The van der Waals surface area contributed by atoms with Crippen LogP contribution in [0.2, 0.25) is 0 Å². The summed E-state index contributed by atoms with van der Waals surface area (Å²) in [5.41, 5.74) is 0. The maximum absolute atomic E-state index is 9.88. The van der Waals surface area contributed by atoms with Gasteiger partial charge in [-0.1, -0.05) is 20.8 Å². The van der Waals surface area contributed by atoms with Crippen molar-refractivity contribution < 1.29 is 28.5 Å². The summed E-state index contributed by atoms with van der Waals surface area (Å²) in [6.07, 6.45) is 1.58. The zero-order chi connectivity index (χ0) is 21.2. The first-order valence-corrected chi connectivity index (χ1v) is 9.52. The number of carbonyl (C=O) groups excluding carboxylic acids is 2. The average Bonchev–Trinajstić information content (AvgIpc) is 2.61. The summed E-state index contributed by atoms with van der Waals surface area (Å²) in [5, 5.41) is 5.49. The van der Waals surface area contributed by atoms with E-state index in [1.807, 2.05) is 20.9 Å². The molecule has 0 fully saturated rings. The van der Waals surface area contributed by atoms with Crippen molar-refractivity contribution in [2.75, 3.05) is 66.4 Å². The molecule has 0 aliphatic carbocycles. The molecule has 0 radical (unpaired) electrons. The highest BCUT2D eigenvalue weighted by Crippen LogP contribution is 1.83. The molecule has 0 aromatic heterocycles.